The van der Waals surface area contributed by atoms with Crippen LogP contribution in [0.5, 0.6) is 17.2 Å². The van der Waals surface area contributed by atoms with Gasteiger partial charge in [-0.1, -0.05) is 42.5 Å². The molecule has 0 amide bonds. The summed E-state index contributed by atoms with van der Waals surface area (Å²) in [6.45, 7) is 12.2. The molecular formula is C48H60O15. The summed E-state index contributed by atoms with van der Waals surface area (Å²) in [4.78, 5) is 37.7. The van der Waals surface area contributed by atoms with E-state index in [1.807, 2.05) is 57.2 Å². The van der Waals surface area contributed by atoms with Gasteiger partial charge in [0.25, 0.3) is 0 Å². The molecule has 0 radical (unpaired) electrons. The highest BCUT2D eigenvalue weighted by molar-refractivity contribution is 5.90. The molecule has 15 nitrogen and oxygen atoms in total. The van der Waals surface area contributed by atoms with Crippen LogP contribution in [0.2, 0.25) is 0 Å². The van der Waals surface area contributed by atoms with Gasteiger partial charge < -0.3 is 56.8 Å². The molecule has 0 saturated carbocycles. The van der Waals surface area contributed by atoms with Crippen molar-refractivity contribution >= 4 is 17.9 Å². The van der Waals surface area contributed by atoms with Crippen LogP contribution in [0.3, 0.4) is 0 Å². The van der Waals surface area contributed by atoms with Gasteiger partial charge in [0.15, 0.2) is 20.4 Å². The van der Waals surface area contributed by atoms with E-state index in [2.05, 4.69) is 0 Å². The van der Waals surface area contributed by atoms with E-state index in [1.54, 1.807) is 93.6 Å². The number of carbonyl (C=O) groups is 3. The van der Waals surface area contributed by atoms with Crippen LogP contribution in [0.1, 0.15) is 72.6 Å². The smallest absolute Gasteiger partial charge is 0.338 e. The molecule has 4 aromatic carbocycles. The maximum atomic E-state index is 12.8. The van der Waals surface area contributed by atoms with Gasteiger partial charge >= 0.3 is 17.9 Å². The summed E-state index contributed by atoms with van der Waals surface area (Å²) in [7, 11) is 0. The minimum atomic E-state index is -0.538. The van der Waals surface area contributed by atoms with Crippen molar-refractivity contribution in [2.75, 3.05) is 60.0 Å². The normalized spacial score (nSPS) is 14.0. The van der Waals surface area contributed by atoms with Crippen molar-refractivity contribution in [2.45, 2.75) is 78.2 Å². The Balaban J connectivity index is 1.01. The first-order valence-electron chi connectivity index (χ1n) is 20.8. The summed E-state index contributed by atoms with van der Waals surface area (Å²) in [5.74, 6) is 0.248. The molecule has 15 heteroatoms. The predicted molar refractivity (Wildman–Crippen MR) is 231 cm³/mol. The van der Waals surface area contributed by atoms with Gasteiger partial charge in [0.1, 0.15) is 35.6 Å². The van der Waals surface area contributed by atoms with Gasteiger partial charge in [0, 0.05) is 0 Å². The van der Waals surface area contributed by atoms with Gasteiger partial charge in [-0.05, 0) is 108 Å². The average Bonchev–Trinajstić information content (AvgIpc) is 3.28. The van der Waals surface area contributed by atoms with E-state index in [-0.39, 0.29) is 71.7 Å². The Bertz CT molecular complexity index is 1890. The quantitative estimate of drug-likeness (QED) is 0.0217. The first-order valence-corrected chi connectivity index (χ1v) is 20.8. The molecule has 6 unspecified atom stereocenters. The predicted octanol–water partition coefficient (Wildman–Crippen LogP) is 7.70. The van der Waals surface area contributed by atoms with Gasteiger partial charge in [-0.3, -0.25) is 0 Å². The minimum Gasteiger partial charge on any atom is -0.468 e. The van der Waals surface area contributed by atoms with E-state index >= 15 is 0 Å². The lowest BCUT2D eigenvalue weighted by atomic mass is 10.2. The third kappa shape index (κ3) is 20.5. The van der Waals surface area contributed by atoms with E-state index in [4.69, 9.17) is 56.8 Å². The topological polar surface area (TPSA) is 162 Å². The summed E-state index contributed by atoms with van der Waals surface area (Å²) >= 11 is 0. The van der Waals surface area contributed by atoms with Crippen molar-refractivity contribution in [3.63, 3.8) is 0 Å². The molecule has 0 aliphatic heterocycles. The second-order valence-corrected chi connectivity index (χ2v) is 14.7. The number of hydrogen-bond donors (Lipinski definition) is 0. The second-order valence-electron chi connectivity index (χ2n) is 14.7. The molecule has 0 fully saturated rings. The number of hydrogen-bond acceptors (Lipinski definition) is 15. The number of para-hydroxylation sites is 1. The molecule has 0 aliphatic rings. The van der Waals surface area contributed by atoms with E-state index in [0.29, 0.717) is 34.8 Å². The lowest BCUT2D eigenvalue weighted by Crippen LogP contribution is -2.26. The molecule has 0 heterocycles. The maximum Gasteiger partial charge on any atom is 0.338 e. The summed E-state index contributed by atoms with van der Waals surface area (Å²) in [5.41, 5.74) is 1.16. The van der Waals surface area contributed by atoms with Crippen LogP contribution in [0.4, 0.5) is 0 Å². The number of ether oxygens (including phenoxy) is 12. The van der Waals surface area contributed by atoms with E-state index in [1.165, 1.54) is 0 Å². The summed E-state index contributed by atoms with van der Waals surface area (Å²) in [6.07, 6.45) is -2.28. The molecule has 0 N–H and O–H groups in total. The monoisotopic (exact) mass is 876 g/mol. The van der Waals surface area contributed by atoms with Gasteiger partial charge in [-0.2, -0.15) is 0 Å². The van der Waals surface area contributed by atoms with Gasteiger partial charge in [0.05, 0.1) is 74.6 Å². The molecule has 0 aromatic heterocycles. The van der Waals surface area contributed by atoms with Crippen molar-refractivity contribution in [1.82, 2.24) is 0 Å². The van der Waals surface area contributed by atoms with Crippen LogP contribution in [-0.4, -0.2) is 115 Å². The Hall–Kier alpha value is -5.55. The number of benzene rings is 4. The van der Waals surface area contributed by atoms with Crippen molar-refractivity contribution < 1.29 is 71.2 Å². The Morgan fingerprint density at radius 2 is 0.762 bits per heavy atom. The zero-order valence-corrected chi connectivity index (χ0v) is 36.8. The van der Waals surface area contributed by atoms with Crippen LogP contribution >= 0.6 is 0 Å². The Morgan fingerprint density at radius 1 is 0.365 bits per heavy atom. The SMILES string of the molecule is CC(COCC(C)OC(=O)c1ccccc1)OCOc1cccc(C(=O)OC(C)COC(C)COCOc2ccc(C(=O)OC(C)COC(C)COCOc3ccccc3)cc2)c1. The first kappa shape index (κ1) is 50.1. The fourth-order valence-electron chi connectivity index (χ4n) is 5.36. The van der Waals surface area contributed by atoms with Crippen LogP contribution in [0.25, 0.3) is 0 Å². The van der Waals surface area contributed by atoms with Crippen LogP contribution in [0.15, 0.2) is 109 Å². The van der Waals surface area contributed by atoms with Crippen LogP contribution in [0, 0.1) is 0 Å². The molecule has 342 valence electrons. The van der Waals surface area contributed by atoms with Crippen molar-refractivity contribution in [1.29, 1.82) is 0 Å². The lowest BCUT2D eigenvalue weighted by Gasteiger charge is -2.18. The number of carbonyl (C=O) groups excluding carboxylic acids is 3. The lowest BCUT2D eigenvalue weighted by molar-refractivity contribution is -0.0735. The molecule has 4 rings (SSSR count). The third-order valence-electron chi connectivity index (χ3n) is 8.67. The molecule has 6 atom stereocenters. The van der Waals surface area contributed by atoms with Crippen molar-refractivity contribution in [3.8, 4) is 17.2 Å². The van der Waals surface area contributed by atoms with Gasteiger partial charge in [0.2, 0.25) is 0 Å². The molecule has 4 aromatic rings. The Kier molecular flexibility index (Phi) is 22.4. The zero-order chi connectivity index (χ0) is 45.2. The molecule has 0 spiro atoms. The number of rotatable bonds is 30. The van der Waals surface area contributed by atoms with Crippen molar-refractivity contribution in [3.05, 3.63) is 126 Å². The summed E-state index contributed by atoms with van der Waals surface area (Å²) in [6, 6.07) is 31.3. The highest BCUT2D eigenvalue weighted by Gasteiger charge is 2.17. The third-order valence-corrected chi connectivity index (χ3v) is 8.67. The Labute approximate surface area is 369 Å². The van der Waals surface area contributed by atoms with E-state index < -0.39 is 36.2 Å². The standard InChI is InChI=1S/C48H60O15/c1-34(26-53-31-58-43-17-11-8-12-18-43)55-29-38(5)62-47(50)41-20-22-44(23-21-41)59-32-54-27-35(2)56-30-39(6)63-48(51)42-16-13-19-45(24-42)60-33-57-36(3)25-52-28-37(4)61-46(49)40-14-9-7-10-15-40/h7-24,34-39H,25-33H2,1-6H3. The zero-order valence-electron chi connectivity index (χ0n) is 36.8. The number of esters is 3. The second kappa shape index (κ2) is 28.2. The fraction of sp³-hybridized carbons (Fsp3) is 0.438. The first-order chi connectivity index (χ1) is 30.4. The van der Waals surface area contributed by atoms with E-state index in [9.17, 15) is 14.4 Å². The Morgan fingerprint density at radius 3 is 1.33 bits per heavy atom. The van der Waals surface area contributed by atoms with Gasteiger partial charge in [-0.25, -0.2) is 14.4 Å². The van der Waals surface area contributed by atoms with Crippen molar-refractivity contribution in [2.24, 2.45) is 0 Å². The van der Waals surface area contributed by atoms with Gasteiger partial charge in [-0.15, -0.1) is 0 Å². The van der Waals surface area contributed by atoms with E-state index in [0.717, 1.165) is 5.75 Å². The van der Waals surface area contributed by atoms with Crippen LogP contribution in [-0.2, 0) is 42.6 Å². The largest absolute Gasteiger partial charge is 0.468 e. The molecule has 0 bridgehead atoms. The minimum absolute atomic E-state index is 0.0414. The molecular weight excluding hydrogens is 817 g/mol. The highest BCUT2D eigenvalue weighted by atomic mass is 16.7. The fourth-order valence-corrected chi connectivity index (χ4v) is 5.36. The maximum absolute atomic E-state index is 12.8. The average molecular weight is 877 g/mol. The van der Waals surface area contributed by atoms with Crippen LogP contribution < -0.4 is 14.2 Å². The highest BCUT2D eigenvalue weighted by Crippen LogP contribution is 2.17. The molecule has 0 aliphatic carbocycles. The molecule has 63 heavy (non-hydrogen) atoms. The summed E-state index contributed by atoms with van der Waals surface area (Å²) < 4.78 is 67.3. The summed E-state index contributed by atoms with van der Waals surface area (Å²) in [5, 5.41) is 0. The molecule has 0 saturated heterocycles.